The van der Waals surface area contributed by atoms with Crippen LogP contribution in [0.15, 0.2) is 22.8 Å². The predicted octanol–water partition coefficient (Wildman–Crippen LogP) is 3.05. The lowest BCUT2D eigenvalue weighted by atomic mass is 10.2. The molecule has 0 radical (unpaired) electrons. The Morgan fingerprint density at radius 2 is 2.36 bits per heavy atom. The van der Waals surface area contributed by atoms with Crippen molar-refractivity contribution in [1.82, 2.24) is 4.98 Å². The van der Waals surface area contributed by atoms with Crippen LogP contribution in [-0.2, 0) is 0 Å². The van der Waals surface area contributed by atoms with E-state index in [4.69, 9.17) is 0 Å². The molecule has 0 saturated heterocycles. The third-order valence-corrected chi connectivity index (χ3v) is 4.06. The van der Waals surface area contributed by atoms with E-state index in [1.807, 2.05) is 18.3 Å². The first-order chi connectivity index (χ1) is 6.84. The molecule has 0 amide bonds. The summed E-state index contributed by atoms with van der Waals surface area (Å²) in [6, 6.07) is 4.66. The zero-order valence-corrected chi connectivity index (χ0v) is 9.50. The number of nitrogens with one attached hydrogen (secondary N) is 1. The minimum Gasteiger partial charge on any atom is -0.366 e. The Morgan fingerprint density at radius 1 is 1.43 bits per heavy atom. The maximum absolute atomic E-state index is 4.34. The smallest absolute Gasteiger partial charge is 0.140 e. The van der Waals surface area contributed by atoms with E-state index in [9.17, 15) is 0 Å². The Labute approximate surface area is 92.2 Å². The second kappa shape index (κ2) is 3.23. The summed E-state index contributed by atoms with van der Waals surface area (Å²) in [5.41, 5.74) is 0. The lowest BCUT2D eigenvalue weighted by molar-refractivity contribution is 0.651. The van der Waals surface area contributed by atoms with E-state index < -0.39 is 0 Å². The minimum atomic E-state index is 0.672. The third kappa shape index (κ3) is 1.44. The predicted molar refractivity (Wildman–Crippen MR) is 60.2 cm³/mol. The van der Waals surface area contributed by atoms with E-state index in [0.717, 1.165) is 22.1 Å². The Morgan fingerprint density at radius 3 is 3.00 bits per heavy atom. The second-order valence-corrected chi connectivity index (χ2v) is 5.18. The first kappa shape index (κ1) is 8.72. The number of nitrogens with zero attached hydrogens (tertiary/aromatic N) is 1. The van der Waals surface area contributed by atoms with Crippen molar-refractivity contribution >= 4 is 21.7 Å². The van der Waals surface area contributed by atoms with Gasteiger partial charge in [0.05, 0.1) is 4.47 Å². The summed E-state index contributed by atoms with van der Waals surface area (Å²) >= 11 is 3.51. The fourth-order valence-electron chi connectivity index (χ4n) is 2.55. The highest BCUT2D eigenvalue weighted by atomic mass is 79.9. The summed E-state index contributed by atoms with van der Waals surface area (Å²) in [5, 5.41) is 3.54. The number of aromatic nitrogens is 1. The van der Waals surface area contributed by atoms with Crippen LogP contribution >= 0.6 is 15.9 Å². The van der Waals surface area contributed by atoms with Crippen LogP contribution in [0.3, 0.4) is 0 Å². The molecule has 74 valence electrons. The molecule has 3 rings (SSSR count). The first-order valence-corrected chi connectivity index (χ1v) is 6.01. The molecule has 3 atom stereocenters. The average molecular weight is 253 g/mol. The highest BCUT2D eigenvalue weighted by molar-refractivity contribution is 9.10. The molecule has 0 bridgehead atoms. The van der Waals surface area contributed by atoms with E-state index in [1.54, 1.807) is 0 Å². The van der Waals surface area contributed by atoms with Crippen LogP contribution in [0.2, 0.25) is 0 Å². The van der Waals surface area contributed by atoms with Crippen molar-refractivity contribution in [3.05, 3.63) is 22.8 Å². The van der Waals surface area contributed by atoms with Gasteiger partial charge in [-0.05, 0) is 59.2 Å². The van der Waals surface area contributed by atoms with Gasteiger partial charge < -0.3 is 5.32 Å². The van der Waals surface area contributed by atoms with Gasteiger partial charge in [-0.25, -0.2) is 4.98 Å². The van der Waals surface area contributed by atoms with Crippen molar-refractivity contribution < 1.29 is 0 Å². The normalized spacial score (nSPS) is 33.9. The van der Waals surface area contributed by atoms with Gasteiger partial charge in [0, 0.05) is 12.2 Å². The molecule has 3 unspecified atom stereocenters. The Hall–Kier alpha value is -0.570. The molecule has 2 fully saturated rings. The maximum atomic E-state index is 4.34. The first-order valence-electron chi connectivity index (χ1n) is 5.21. The molecular weight excluding hydrogens is 240 g/mol. The summed E-state index contributed by atoms with van der Waals surface area (Å²) in [6.45, 7) is 0. The average Bonchev–Trinajstić information content (AvgIpc) is 2.87. The van der Waals surface area contributed by atoms with Crippen LogP contribution in [0.25, 0.3) is 0 Å². The molecule has 2 aliphatic carbocycles. The summed E-state index contributed by atoms with van der Waals surface area (Å²) in [5.74, 6) is 2.96. The van der Waals surface area contributed by atoms with Gasteiger partial charge in [0.2, 0.25) is 0 Å². The van der Waals surface area contributed by atoms with Crippen LogP contribution in [0, 0.1) is 11.8 Å². The molecular formula is C11H13BrN2. The number of halogens is 1. The van der Waals surface area contributed by atoms with Crippen LogP contribution in [0.1, 0.15) is 19.3 Å². The fourth-order valence-corrected chi connectivity index (χ4v) is 2.92. The van der Waals surface area contributed by atoms with E-state index in [1.165, 1.54) is 19.3 Å². The summed E-state index contributed by atoms with van der Waals surface area (Å²) in [6.07, 6.45) is 6.00. The molecule has 0 aliphatic heterocycles. The van der Waals surface area contributed by atoms with E-state index >= 15 is 0 Å². The molecule has 2 aliphatic rings. The SMILES string of the molecule is Brc1cccnc1NC1CCC2CC21. The number of fused-ring (bicyclic) bond motifs is 1. The van der Waals surface area contributed by atoms with Gasteiger partial charge in [-0.2, -0.15) is 0 Å². The fraction of sp³-hybridized carbons (Fsp3) is 0.545. The van der Waals surface area contributed by atoms with E-state index in [-0.39, 0.29) is 0 Å². The van der Waals surface area contributed by atoms with Crippen molar-refractivity contribution in [1.29, 1.82) is 0 Å². The summed E-state index contributed by atoms with van der Waals surface area (Å²) < 4.78 is 1.07. The Kier molecular flexibility index (Phi) is 2.01. The molecule has 2 saturated carbocycles. The van der Waals surface area contributed by atoms with E-state index in [0.29, 0.717) is 6.04 Å². The van der Waals surface area contributed by atoms with Crippen LogP contribution in [0.5, 0.6) is 0 Å². The van der Waals surface area contributed by atoms with Crippen molar-refractivity contribution in [2.45, 2.75) is 25.3 Å². The molecule has 3 heteroatoms. The lowest BCUT2D eigenvalue weighted by Gasteiger charge is -2.15. The number of hydrogen-bond acceptors (Lipinski definition) is 2. The van der Waals surface area contributed by atoms with Crippen molar-refractivity contribution in [2.24, 2.45) is 11.8 Å². The van der Waals surface area contributed by atoms with Crippen molar-refractivity contribution in [3.8, 4) is 0 Å². The minimum absolute atomic E-state index is 0.672. The highest BCUT2D eigenvalue weighted by Crippen LogP contribution is 2.52. The van der Waals surface area contributed by atoms with Crippen molar-refractivity contribution in [3.63, 3.8) is 0 Å². The van der Waals surface area contributed by atoms with Gasteiger partial charge in [-0.1, -0.05) is 0 Å². The molecule has 0 spiro atoms. The zero-order valence-electron chi connectivity index (χ0n) is 7.91. The zero-order chi connectivity index (χ0) is 9.54. The van der Waals surface area contributed by atoms with Gasteiger partial charge in [0.1, 0.15) is 5.82 Å². The van der Waals surface area contributed by atoms with Crippen LogP contribution < -0.4 is 5.32 Å². The molecule has 1 aromatic rings. The molecule has 1 heterocycles. The Balaban J connectivity index is 1.74. The van der Waals surface area contributed by atoms with Gasteiger partial charge in [0.15, 0.2) is 0 Å². The van der Waals surface area contributed by atoms with Crippen LogP contribution in [0.4, 0.5) is 5.82 Å². The number of hydrogen-bond donors (Lipinski definition) is 1. The lowest BCUT2D eigenvalue weighted by Crippen LogP contribution is -2.19. The molecule has 1 N–H and O–H groups in total. The molecule has 14 heavy (non-hydrogen) atoms. The molecule has 1 aromatic heterocycles. The van der Waals surface area contributed by atoms with Gasteiger partial charge in [-0.3, -0.25) is 0 Å². The van der Waals surface area contributed by atoms with Crippen LogP contribution in [-0.4, -0.2) is 11.0 Å². The van der Waals surface area contributed by atoms with Gasteiger partial charge in [0.25, 0.3) is 0 Å². The topological polar surface area (TPSA) is 24.9 Å². The number of rotatable bonds is 2. The summed E-state index contributed by atoms with van der Waals surface area (Å²) in [7, 11) is 0. The van der Waals surface area contributed by atoms with E-state index in [2.05, 4.69) is 26.2 Å². The standard InChI is InChI=1S/C11H13BrN2/c12-9-2-1-5-13-11(9)14-10-4-3-7-6-8(7)10/h1-2,5,7-8,10H,3-4,6H2,(H,13,14). The van der Waals surface area contributed by atoms with Gasteiger partial charge in [-0.15, -0.1) is 0 Å². The van der Waals surface area contributed by atoms with Crippen molar-refractivity contribution in [2.75, 3.05) is 5.32 Å². The summed E-state index contributed by atoms with van der Waals surface area (Å²) in [4.78, 5) is 4.34. The third-order valence-electron chi connectivity index (χ3n) is 3.42. The second-order valence-electron chi connectivity index (χ2n) is 4.32. The largest absolute Gasteiger partial charge is 0.366 e. The molecule has 0 aromatic carbocycles. The van der Waals surface area contributed by atoms with Gasteiger partial charge >= 0.3 is 0 Å². The molecule has 2 nitrogen and oxygen atoms in total. The monoisotopic (exact) mass is 252 g/mol. The number of pyridine rings is 1. The quantitative estimate of drug-likeness (QED) is 0.876. The Bertz CT molecular complexity index is 353. The maximum Gasteiger partial charge on any atom is 0.140 e. The highest BCUT2D eigenvalue weighted by Gasteiger charge is 2.48. The number of anilines is 1.